The van der Waals surface area contributed by atoms with E-state index >= 15 is 0 Å². The first-order chi connectivity index (χ1) is 11.4. The molecule has 5 rings (SSSR count). The maximum absolute atomic E-state index is 2.59. The number of hydrogen-bond acceptors (Lipinski definition) is 1. The third kappa shape index (κ3) is 1.77. The molecule has 2 aliphatic heterocycles. The second-order valence-corrected chi connectivity index (χ2v) is 6.73. The van der Waals surface area contributed by atoms with Gasteiger partial charge in [0.05, 0.1) is 5.41 Å². The van der Waals surface area contributed by atoms with E-state index in [2.05, 4.69) is 83.8 Å². The average molecular weight is 297 g/mol. The maximum Gasteiger partial charge on any atom is 0.0584 e. The van der Waals surface area contributed by atoms with Crippen molar-refractivity contribution >= 4 is 0 Å². The number of rotatable bonds is 1. The van der Waals surface area contributed by atoms with Crippen molar-refractivity contribution in [3.63, 3.8) is 0 Å². The summed E-state index contributed by atoms with van der Waals surface area (Å²) in [5.41, 5.74) is 7.27. The molecular formula is C22H19N. The Labute approximate surface area is 137 Å². The van der Waals surface area contributed by atoms with Crippen LogP contribution in [0.4, 0.5) is 0 Å². The van der Waals surface area contributed by atoms with Crippen molar-refractivity contribution in [1.82, 2.24) is 4.90 Å². The van der Waals surface area contributed by atoms with Crippen LogP contribution in [0.5, 0.6) is 0 Å². The molecule has 23 heavy (non-hydrogen) atoms. The van der Waals surface area contributed by atoms with Gasteiger partial charge in [-0.05, 0) is 27.8 Å². The molecule has 2 aliphatic rings. The quantitative estimate of drug-likeness (QED) is 0.645. The van der Waals surface area contributed by atoms with Crippen LogP contribution < -0.4 is 0 Å². The van der Waals surface area contributed by atoms with Crippen molar-refractivity contribution < 1.29 is 0 Å². The van der Waals surface area contributed by atoms with E-state index in [-0.39, 0.29) is 5.41 Å². The van der Waals surface area contributed by atoms with Gasteiger partial charge in [-0.2, -0.15) is 0 Å². The van der Waals surface area contributed by atoms with Crippen molar-refractivity contribution in [2.24, 2.45) is 0 Å². The molecule has 0 spiro atoms. The zero-order valence-corrected chi connectivity index (χ0v) is 13.1. The van der Waals surface area contributed by atoms with E-state index in [1.807, 2.05) is 0 Å². The lowest BCUT2D eigenvalue weighted by Gasteiger charge is -2.49. The highest BCUT2D eigenvalue weighted by Crippen LogP contribution is 2.48. The van der Waals surface area contributed by atoms with E-state index in [1.165, 1.54) is 27.8 Å². The Bertz CT molecular complexity index is 816. The van der Waals surface area contributed by atoms with Gasteiger partial charge in [-0.15, -0.1) is 0 Å². The Hall–Kier alpha value is -2.38. The molecule has 112 valence electrons. The molecule has 2 heterocycles. The highest BCUT2D eigenvalue weighted by atomic mass is 15.1. The molecule has 0 unspecified atom stereocenters. The first kappa shape index (κ1) is 13.1. The van der Waals surface area contributed by atoms with Gasteiger partial charge in [0.2, 0.25) is 0 Å². The van der Waals surface area contributed by atoms with Crippen LogP contribution in [0.2, 0.25) is 0 Å². The summed E-state index contributed by atoms with van der Waals surface area (Å²) in [5, 5.41) is 0. The Kier molecular flexibility index (Phi) is 2.74. The van der Waals surface area contributed by atoms with Crippen molar-refractivity contribution in [2.75, 3.05) is 6.54 Å². The summed E-state index contributed by atoms with van der Waals surface area (Å²) in [6.45, 7) is 3.18. The number of benzene rings is 3. The zero-order valence-electron chi connectivity index (χ0n) is 13.1. The van der Waals surface area contributed by atoms with Crippen LogP contribution in [0.15, 0.2) is 78.9 Å². The molecule has 1 nitrogen and oxygen atoms in total. The van der Waals surface area contributed by atoms with Gasteiger partial charge in [0.1, 0.15) is 0 Å². The molecule has 3 aromatic carbocycles. The SMILES string of the molecule is c1ccc(C23CN(Cc4ccccc42)Cc2ccccc23)cc1. The Morgan fingerprint density at radius 2 is 1.13 bits per heavy atom. The number of hydrogen-bond donors (Lipinski definition) is 0. The summed E-state index contributed by atoms with van der Waals surface area (Å²) in [7, 11) is 0. The minimum absolute atomic E-state index is 0.0368. The molecule has 0 aromatic heterocycles. The molecule has 0 saturated heterocycles. The first-order valence-corrected chi connectivity index (χ1v) is 8.32. The van der Waals surface area contributed by atoms with Gasteiger partial charge in [-0.25, -0.2) is 0 Å². The lowest BCUT2D eigenvalue weighted by atomic mass is 9.63. The summed E-state index contributed by atoms with van der Waals surface area (Å²) >= 11 is 0. The average Bonchev–Trinajstić information content (AvgIpc) is 2.62. The van der Waals surface area contributed by atoms with E-state index in [0.29, 0.717) is 0 Å². The highest BCUT2D eigenvalue weighted by Gasteiger charge is 2.46. The zero-order chi connectivity index (χ0) is 15.3. The van der Waals surface area contributed by atoms with Crippen LogP contribution in [0.3, 0.4) is 0 Å². The molecule has 1 heteroatoms. The fourth-order valence-electron chi connectivity index (χ4n) is 4.57. The van der Waals surface area contributed by atoms with Crippen molar-refractivity contribution in [3.05, 3.63) is 107 Å². The van der Waals surface area contributed by atoms with Crippen molar-refractivity contribution in [3.8, 4) is 0 Å². The van der Waals surface area contributed by atoms with E-state index in [1.54, 1.807) is 0 Å². The highest BCUT2D eigenvalue weighted by molar-refractivity contribution is 5.58. The normalized spacial score (nSPS) is 24.6. The van der Waals surface area contributed by atoms with Gasteiger partial charge in [0.15, 0.2) is 0 Å². The molecule has 0 N–H and O–H groups in total. The Morgan fingerprint density at radius 3 is 1.74 bits per heavy atom. The largest absolute Gasteiger partial charge is 0.293 e. The molecule has 2 bridgehead atoms. The standard InChI is InChI=1S/C22H19N/c1-2-10-19(11-3-1)22-16-23(14-17-8-4-6-12-20(17)22)15-18-9-5-7-13-21(18)22/h1-13H,14-16H2. The van der Waals surface area contributed by atoms with Gasteiger partial charge in [-0.3, -0.25) is 4.90 Å². The third-order valence-electron chi connectivity index (χ3n) is 5.47. The smallest absolute Gasteiger partial charge is 0.0584 e. The van der Waals surface area contributed by atoms with E-state index in [9.17, 15) is 0 Å². The summed E-state index contributed by atoms with van der Waals surface area (Å²) in [5.74, 6) is 0. The van der Waals surface area contributed by atoms with Crippen LogP contribution in [0.25, 0.3) is 0 Å². The minimum atomic E-state index is -0.0368. The second kappa shape index (κ2) is 4.81. The summed E-state index contributed by atoms with van der Waals surface area (Å²) in [6.07, 6.45) is 0. The van der Waals surface area contributed by atoms with Crippen LogP contribution in [0, 0.1) is 0 Å². The number of fused-ring (bicyclic) bond motifs is 6. The lowest BCUT2D eigenvalue weighted by molar-refractivity contribution is 0.184. The maximum atomic E-state index is 2.59. The van der Waals surface area contributed by atoms with Crippen LogP contribution >= 0.6 is 0 Å². The Morgan fingerprint density at radius 1 is 0.609 bits per heavy atom. The predicted molar refractivity (Wildman–Crippen MR) is 93.3 cm³/mol. The van der Waals surface area contributed by atoms with Gasteiger partial charge >= 0.3 is 0 Å². The lowest BCUT2D eigenvalue weighted by Crippen LogP contribution is -2.50. The Balaban J connectivity index is 1.89. The van der Waals surface area contributed by atoms with Crippen LogP contribution in [-0.2, 0) is 18.5 Å². The topological polar surface area (TPSA) is 3.24 Å². The predicted octanol–water partition coefficient (Wildman–Crippen LogP) is 4.35. The molecule has 0 fully saturated rings. The van der Waals surface area contributed by atoms with Crippen LogP contribution in [-0.4, -0.2) is 11.4 Å². The monoisotopic (exact) mass is 297 g/mol. The molecule has 3 aromatic rings. The summed E-state index contributed by atoms with van der Waals surface area (Å²) < 4.78 is 0. The molecule has 0 atom stereocenters. The van der Waals surface area contributed by atoms with Gasteiger partial charge in [0, 0.05) is 19.6 Å². The van der Waals surface area contributed by atoms with Crippen LogP contribution in [0.1, 0.15) is 27.8 Å². The van der Waals surface area contributed by atoms with E-state index < -0.39 is 0 Å². The van der Waals surface area contributed by atoms with Crippen molar-refractivity contribution in [1.29, 1.82) is 0 Å². The summed E-state index contributed by atoms with van der Waals surface area (Å²) in [4.78, 5) is 2.59. The first-order valence-electron chi connectivity index (χ1n) is 8.32. The molecular weight excluding hydrogens is 278 g/mol. The number of nitrogens with zero attached hydrogens (tertiary/aromatic N) is 1. The molecule has 0 radical (unpaired) electrons. The summed E-state index contributed by atoms with van der Waals surface area (Å²) in [6, 6.07) is 29.0. The van der Waals surface area contributed by atoms with Gasteiger partial charge < -0.3 is 0 Å². The van der Waals surface area contributed by atoms with Gasteiger partial charge in [-0.1, -0.05) is 78.9 Å². The van der Waals surface area contributed by atoms with E-state index in [0.717, 1.165) is 19.6 Å². The fourth-order valence-corrected chi connectivity index (χ4v) is 4.57. The molecule has 0 amide bonds. The molecule has 0 aliphatic carbocycles. The van der Waals surface area contributed by atoms with Crippen molar-refractivity contribution in [2.45, 2.75) is 18.5 Å². The van der Waals surface area contributed by atoms with Gasteiger partial charge in [0.25, 0.3) is 0 Å². The fraction of sp³-hybridized carbons (Fsp3) is 0.182. The molecule has 0 saturated carbocycles. The second-order valence-electron chi connectivity index (χ2n) is 6.73. The third-order valence-corrected chi connectivity index (χ3v) is 5.47. The minimum Gasteiger partial charge on any atom is -0.293 e. The van der Waals surface area contributed by atoms with E-state index in [4.69, 9.17) is 0 Å².